The van der Waals surface area contributed by atoms with Crippen LogP contribution >= 0.6 is 0 Å². The van der Waals surface area contributed by atoms with Gasteiger partial charge in [0.05, 0.1) is 17.9 Å². The second kappa shape index (κ2) is 6.82. The number of rotatable bonds is 4. The molecule has 0 aromatic carbocycles. The van der Waals surface area contributed by atoms with E-state index in [-0.39, 0.29) is 0 Å². The topological polar surface area (TPSA) is 81.4 Å². The number of aryl methyl sites for hydroxylation is 4. The molecule has 7 heteroatoms. The smallest absolute Gasteiger partial charge is 0.223 e. The van der Waals surface area contributed by atoms with Gasteiger partial charge in [-0.15, -0.1) is 0 Å². The first-order valence-electron chi connectivity index (χ1n) is 9.03. The van der Waals surface area contributed by atoms with Crippen molar-refractivity contribution in [3.63, 3.8) is 0 Å². The standard InChI is InChI=1S/C19H23N7/c1-12-14-6-4-5-7-16(14)23-18(22-12)10-21-19-20-9-8-17(24-19)15-11-26(3)25-13(15)2/h8-9,11H,4-7,10H2,1-3H3,(H,20,21,24). The average Bonchev–Trinajstić information content (AvgIpc) is 2.98. The molecule has 0 bridgehead atoms. The van der Waals surface area contributed by atoms with Crippen LogP contribution in [0.3, 0.4) is 0 Å². The van der Waals surface area contributed by atoms with E-state index in [9.17, 15) is 0 Å². The molecule has 3 aromatic heterocycles. The number of aromatic nitrogens is 6. The van der Waals surface area contributed by atoms with Crippen molar-refractivity contribution in [2.45, 2.75) is 46.1 Å². The second-order valence-electron chi connectivity index (χ2n) is 6.78. The first-order chi connectivity index (χ1) is 12.6. The zero-order valence-corrected chi connectivity index (χ0v) is 15.5. The zero-order chi connectivity index (χ0) is 18.1. The lowest BCUT2D eigenvalue weighted by atomic mass is 9.95. The van der Waals surface area contributed by atoms with Crippen molar-refractivity contribution >= 4 is 5.95 Å². The van der Waals surface area contributed by atoms with Crippen LogP contribution in [-0.4, -0.2) is 29.7 Å². The summed E-state index contributed by atoms with van der Waals surface area (Å²) in [6, 6.07) is 1.90. The minimum absolute atomic E-state index is 0.517. The molecule has 4 rings (SSSR count). The summed E-state index contributed by atoms with van der Waals surface area (Å²) in [5, 5.41) is 7.63. The van der Waals surface area contributed by atoms with Gasteiger partial charge in [-0.3, -0.25) is 4.68 Å². The number of nitrogens with one attached hydrogen (secondary N) is 1. The summed E-state index contributed by atoms with van der Waals surface area (Å²) in [5.41, 5.74) is 6.47. The molecule has 0 saturated carbocycles. The summed E-state index contributed by atoms with van der Waals surface area (Å²) in [6.45, 7) is 4.58. The fourth-order valence-electron chi connectivity index (χ4n) is 3.53. The van der Waals surface area contributed by atoms with Crippen LogP contribution in [0.1, 0.15) is 41.3 Å². The van der Waals surface area contributed by atoms with E-state index in [2.05, 4.69) is 32.3 Å². The number of hydrogen-bond acceptors (Lipinski definition) is 6. The van der Waals surface area contributed by atoms with Crippen molar-refractivity contribution in [1.82, 2.24) is 29.7 Å². The lowest BCUT2D eigenvalue weighted by molar-refractivity contribution is 0.648. The van der Waals surface area contributed by atoms with Crippen LogP contribution in [-0.2, 0) is 26.4 Å². The highest BCUT2D eigenvalue weighted by molar-refractivity contribution is 5.61. The Morgan fingerprint density at radius 3 is 2.73 bits per heavy atom. The van der Waals surface area contributed by atoms with E-state index >= 15 is 0 Å². The van der Waals surface area contributed by atoms with Crippen molar-refractivity contribution in [1.29, 1.82) is 0 Å². The van der Waals surface area contributed by atoms with Crippen molar-refractivity contribution in [2.24, 2.45) is 7.05 Å². The molecule has 3 heterocycles. The van der Waals surface area contributed by atoms with Crippen LogP contribution in [0, 0.1) is 13.8 Å². The summed E-state index contributed by atoms with van der Waals surface area (Å²) in [5.74, 6) is 1.37. The molecular formula is C19H23N7. The van der Waals surface area contributed by atoms with Crippen LogP contribution in [0.2, 0.25) is 0 Å². The third-order valence-electron chi connectivity index (χ3n) is 4.79. The van der Waals surface area contributed by atoms with Gasteiger partial charge in [0.1, 0.15) is 5.82 Å². The first kappa shape index (κ1) is 16.6. The molecule has 0 radical (unpaired) electrons. The monoisotopic (exact) mass is 349 g/mol. The van der Waals surface area contributed by atoms with E-state index < -0.39 is 0 Å². The van der Waals surface area contributed by atoms with Gasteiger partial charge in [-0.25, -0.2) is 19.9 Å². The summed E-state index contributed by atoms with van der Waals surface area (Å²) in [6.07, 6.45) is 8.34. The molecular weight excluding hydrogens is 326 g/mol. The zero-order valence-electron chi connectivity index (χ0n) is 15.5. The predicted octanol–water partition coefficient (Wildman–Crippen LogP) is 2.77. The number of nitrogens with zero attached hydrogens (tertiary/aromatic N) is 6. The van der Waals surface area contributed by atoms with E-state index in [1.54, 1.807) is 10.9 Å². The van der Waals surface area contributed by atoms with Crippen LogP contribution < -0.4 is 5.32 Å². The van der Waals surface area contributed by atoms with Crippen molar-refractivity contribution in [3.8, 4) is 11.3 Å². The molecule has 134 valence electrons. The third kappa shape index (κ3) is 3.29. The highest BCUT2D eigenvalue weighted by Gasteiger charge is 2.15. The lowest BCUT2D eigenvalue weighted by Gasteiger charge is -2.17. The molecule has 1 aliphatic rings. The van der Waals surface area contributed by atoms with Crippen molar-refractivity contribution < 1.29 is 0 Å². The number of fused-ring (bicyclic) bond motifs is 1. The Labute approximate surface area is 152 Å². The predicted molar refractivity (Wildman–Crippen MR) is 99.7 cm³/mol. The molecule has 0 atom stereocenters. The molecule has 7 nitrogen and oxygen atoms in total. The van der Waals surface area contributed by atoms with Crippen molar-refractivity contribution in [3.05, 3.63) is 46.9 Å². The molecule has 0 aliphatic heterocycles. The molecule has 0 spiro atoms. The van der Waals surface area contributed by atoms with Crippen LogP contribution in [0.5, 0.6) is 0 Å². The van der Waals surface area contributed by atoms with Gasteiger partial charge in [-0.1, -0.05) is 0 Å². The molecule has 0 saturated heterocycles. The van der Waals surface area contributed by atoms with E-state index in [1.807, 2.05) is 26.2 Å². The SMILES string of the molecule is Cc1nn(C)cc1-c1ccnc(NCc2nc(C)c3c(n2)CCCC3)n1. The summed E-state index contributed by atoms with van der Waals surface area (Å²) >= 11 is 0. The van der Waals surface area contributed by atoms with E-state index in [4.69, 9.17) is 4.98 Å². The molecule has 26 heavy (non-hydrogen) atoms. The Hall–Kier alpha value is -2.83. The Balaban J connectivity index is 1.53. The van der Waals surface area contributed by atoms with Gasteiger partial charge in [0.2, 0.25) is 5.95 Å². The van der Waals surface area contributed by atoms with Crippen LogP contribution in [0.4, 0.5) is 5.95 Å². The maximum Gasteiger partial charge on any atom is 0.223 e. The summed E-state index contributed by atoms with van der Waals surface area (Å²) in [7, 11) is 1.91. The maximum atomic E-state index is 4.74. The van der Waals surface area contributed by atoms with Gasteiger partial charge in [-0.2, -0.15) is 5.10 Å². The van der Waals surface area contributed by atoms with Gasteiger partial charge in [0, 0.05) is 36.4 Å². The summed E-state index contributed by atoms with van der Waals surface area (Å²) < 4.78 is 1.80. The van der Waals surface area contributed by atoms with Crippen molar-refractivity contribution in [2.75, 3.05) is 5.32 Å². The fourth-order valence-corrected chi connectivity index (χ4v) is 3.53. The van der Waals surface area contributed by atoms with Gasteiger partial charge in [0.15, 0.2) is 0 Å². The molecule has 3 aromatic rings. The van der Waals surface area contributed by atoms with Gasteiger partial charge >= 0.3 is 0 Å². The van der Waals surface area contributed by atoms with E-state index in [1.165, 1.54) is 24.1 Å². The molecule has 0 unspecified atom stereocenters. The molecule has 0 fully saturated rings. The lowest BCUT2D eigenvalue weighted by Crippen LogP contribution is -2.14. The molecule has 0 amide bonds. The van der Waals surface area contributed by atoms with Crippen LogP contribution in [0.15, 0.2) is 18.5 Å². The first-order valence-corrected chi connectivity index (χ1v) is 9.03. The number of anilines is 1. The molecule has 1 N–H and O–H groups in total. The van der Waals surface area contributed by atoms with Gasteiger partial charge < -0.3 is 5.32 Å². The highest BCUT2D eigenvalue weighted by atomic mass is 15.3. The Kier molecular flexibility index (Phi) is 4.36. The normalized spacial score (nSPS) is 13.5. The average molecular weight is 349 g/mol. The third-order valence-corrected chi connectivity index (χ3v) is 4.79. The Morgan fingerprint density at radius 2 is 1.92 bits per heavy atom. The van der Waals surface area contributed by atoms with Crippen LogP contribution in [0.25, 0.3) is 11.3 Å². The van der Waals surface area contributed by atoms with E-state index in [0.717, 1.165) is 41.3 Å². The highest BCUT2D eigenvalue weighted by Crippen LogP contribution is 2.22. The minimum Gasteiger partial charge on any atom is -0.347 e. The Morgan fingerprint density at radius 1 is 1.08 bits per heavy atom. The second-order valence-corrected chi connectivity index (χ2v) is 6.78. The quantitative estimate of drug-likeness (QED) is 0.780. The van der Waals surface area contributed by atoms with Gasteiger partial charge in [-0.05, 0) is 51.2 Å². The maximum absolute atomic E-state index is 4.74. The fraction of sp³-hybridized carbons (Fsp3) is 0.421. The summed E-state index contributed by atoms with van der Waals surface area (Å²) in [4.78, 5) is 18.3. The minimum atomic E-state index is 0.517. The number of hydrogen-bond donors (Lipinski definition) is 1. The van der Waals surface area contributed by atoms with Gasteiger partial charge in [0.25, 0.3) is 0 Å². The molecule has 1 aliphatic carbocycles. The largest absolute Gasteiger partial charge is 0.347 e. The Bertz CT molecular complexity index is 945. The van der Waals surface area contributed by atoms with E-state index in [0.29, 0.717) is 12.5 Å².